The summed E-state index contributed by atoms with van der Waals surface area (Å²) in [6.45, 7) is 0.527. The molecule has 0 N–H and O–H groups in total. The van der Waals surface area contributed by atoms with Gasteiger partial charge in [-0.15, -0.1) is 0 Å². The summed E-state index contributed by atoms with van der Waals surface area (Å²) in [5.41, 5.74) is 2.36. The molecule has 2 aromatic rings. The van der Waals surface area contributed by atoms with Gasteiger partial charge in [0.25, 0.3) is 10.0 Å². The Morgan fingerprint density at radius 2 is 1.52 bits per heavy atom. The van der Waals surface area contributed by atoms with Crippen molar-refractivity contribution in [2.45, 2.75) is 17.7 Å². The van der Waals surface area contributed by atoms with Crippen LogP contribution in [-0.2, 0) is 16.4 Å². The van der Waals surface area contributed by atoms with Crippen LogP contribution in [-0.4, -0.2) is 19.3 Å². The summed E-state index contributed by atoms with van der Waals surface area (Å²) in [5.74, 6) is 0. The van der Waals surface area contributed by atoms with Crippen LogP contribution in [0.15, 0.2) is 77.3 Å². The second kappa shape index (κ2) is 5.74. The topological polar surface area (TPSA) is 37.4 Å². The first-order chi connectivity index (χ1) is 10.2. The Kier molecular flexibility index (Phi) is 3.80. The molecule has 0 saturated carbocycles. The second-order valence-electron chi connectivity index (χ2n) is 5.13. The third-order valence-corrected chi connectivity index (χ3v) is 5.38. The summed E-state index contributed by atoms with van der Waals surface area (Å²) in [6, 6.07) is 18.7. The SMILES string of the molecule is O=S(=O)(c1ccccc1)N1C=C(Cc2ccccc2)CC1. The van der Waals surface area contributed by atoms with Gasteiger partial charge in [-0.05, 0) is 36.1 Å². The molecule has 0 unspecified atom stereocenters. The van der Waals surface area contributed by atoms with Crippen molar-refractivity contribution >= 4 is 10.0 Å². The molecule has 0 fully saturated rings. The summed E-state index contributed by atoms with van der Waals surface area (Å²) in [6.07, 6.45) is 3.39. The molecule has 2 aromatic carbocycles. The van der Waals surface area contributed by atoms with E-state index in [9.17, 15) is 8.42 Å². The number of benzene rings is 2. The molecule has 3 rings (SSSR count). The highest BCUT2D eigenvalue weighted by Gasteiger charge is 2.25. The van der Waals surface area contributed by atoms with Crippen molar-refractivity contribution in [2.24, 2.45) is 0 Å². The fourth-order valence-electron chi connectivity index (χ4n) is 2.50. The van der Waals surface area contributed by atoms with Gasteiger partial charge in [0.1, 0.15) is 0 Å². The van der Waals surface area contributed by atoms with Gasteiger partial charge in [0.2, 0.25) is 0 Å². The molecule has 4 heteroatoms. The highest BCUT2D eigenvalue weighted by molar-refractivity contribution is 7.89. The maximum Gasteiger partial charge on any atom is 0.263 e. The van der Waals surface area contributed by atoms with Crippen LogP contribution in [0.5, 0.6) is 0 Å². The molecule has 1 aliphatic rings. The summed E-state index contributed by atoms with van der Waals surface area (Å²) in [5, 5.41) is 0. The average Bonchev–Trinajstić information content (AvgIpc) is 2.98. The first kappa shape index (κ1) is 13.9. The number of rotatable bonds is 4. The zero-order valence-corrected chi connectivity index (χ0v) is 12.5. The van der Waals surface area contributed by atoms with Crippen LogP contribution in [0.2, 0.25) is 0 Å². The number of sulfonamides is 1. The monoisotopic (exact) mass is 299 g/mol. The highest BCUT2D eigenvalue weighted by Crippen LogP contribution is 2.25. The van der Waals surface area contributed by atoms with E-state index in [0.717, 1.165) is 18.4 Å². The molecule has 0 aromatic heterocycles. The molecule has 0 aliphatic carbocycles. The van der Waals surface area contributed by atoms with Gasteiger partial charge in [-0.3, -0.25) is 4.31 Å². The number of hydrogen-bond acceptors (Lipinski definition) is 2. The van der Waals surface area contributed by atoms with E-state index in [1.54, 1.807) is 30.5 Å². The molecule has 0 bridgehead atoms. The zero-order valence-electron chi connectivity index (χ0n) is 11.6. The molecule has 0 atom stereocenters. The first-order valence-electron chi connectivity index (χ1n) is 6.97. The van der Waals surface area contributed by atoms with Crippen molar-refractivity contribution < 1.29 is 8.42 Å². The van der Waals surface area contributed by atoms with Crippen molar-refractivity contribution in [1.82, 2.24) is 4.31 Å². The smallest absolute Gasteiger partial charge is 0.263 e. The molecule has 21 heavy (non-hydrogen) atoms. The van der Waals surface area contributed by atoms with Gasteiger partial charge in [0.05, 0.1) is 4.90 Å². The molecule has 3 nitrogen and oxygen atoms in total. The van der Waals surface area contributed by atoms with E-state index in [-0.39, 0.29) is 0 Å². The normalized spacial score (nSPS) is 15.0. The van der Waals surface area contributed by atoms with Crippen LogP contribution >= 0.6 is 0 Å². The van der Waals surface area contributed by atoms with E-state index in [0.29, 0.717) is 11.4 Å². The lowest BCUT2D eigenvalue weighted by molar-refractivity contribution is 0.517. The molecule has 0 spiro atoms. The minimum Gasteiger partial charge on any atom is -0.273 e. The minimum atomic E-state index is -3.41. The fourth-order valence-corrected chi connectivity index (χ4v) is 3.89. The standard InChI is InChI=1S/C17H17NO2S/c19-21(20,17-9-5-2-6-10-17)18-12-11-16(14-18)13-15-7-3-1-4-8-15/h1-10,14H,11-13H2. The van der Waals surface area contributed by atoms with Gasteiger partial charge in [-0.2, -0.15) is 0 Å². The van der Waals surface area contributed by atoms with Gasteiger partial charge in [0, 0.05) is 12.7 Å². The number of nitrogens with zero attached hydrogens (tertiary/aromatic N) is 1. The number of hydrogen-bond donors (Lipinski definition) is 0. The Labute approximate surface area is 125 Å². The Morgan fingerprint density at radius 1 is 0.905 bits per heavy atom. The van der Waals surface area contributed by atoms with Gasteiger partial charge >= 0.3 is 0 Å². The van der Waals surface area contributed by atoms with Crippen molar-refractivity contribution in [2.75, 3.05) is 6.54 Å². The molecule has 0 saturated heterocycles. The molecule has 1 aliphatic heterocycles. The molecule has 0 radical (unpaired) electrons. The highest BCUT2D eigenvalue weighted by atomic mass is 32.2. The van der Waals surface area contributed by atoms with Gasteiger partial charge in [-0.25, -0.2) is 8.42 Å². The first-order valence-corrected chi connectivity index (χ1v) is 8.41. The van der Waals surface area contributed by atoms with E-state index < -0.39 is 10.0 Å². The summed E-state index contributed by atoms with van der Waals surface area (Å²) < 4.78 is 26.5. The summed E-state index contributed by atoms with van der Waals surface area (Å²) >= 11 is 0. The van der Waals surface area contributed by atoms with E-state index in [2.05, 4.69) is 12.1 Å². The predicted octanol–water partition coefficient (Wildman–Crippen LogP) is 3.21. The minimum absolute atomic E-state index is 0.349. The van der Waals surface area contributed by atoms with E-state index in [1.807, 2.05) is 24.3 Å². The van der Waals surface area contributed by atoms with Crippen LogP contribution in [0.1, 0.15) is 12.0 Å². The van der Waals surface area contributed by atoms with Crippen LogP contribution in [0.4, 0.5) is 0 Å². The lowest BCUT2D eigenvalue weighted by Crippen LogP contribution is -2.23. The fraction of sp³-hybridized carbons (Fsp3) is 0.176. The van der Waals surface area contributed by atoms with Crippen LogP contribution in [0.3, 0.4) is 0 Å². The Bertz CT molecular complexity index is 737. The Balaban J connectivity index is 1.80. The van der Waals surface area contributed by atoms with Gasteiger partial charge < -0.3 is 0 Å². The summed E-state index contributed by atoms with van der Waals surface area (Å²) in [7, 11) is -3.41. The Hall–Kier alpha value is -2.07. The largest absolute Gasteiger partial charge is 0.273 e. The quantitative estimate of drug-likeness (QED) is 0.869. The van der Waals surface area contributed by atoms with Crippen LogP contribution in [0, 0.1) is 0 Å². The van der Waals surface area contributed by atoms with E-state index >= 15 is 0 Å². The van der Waals surface area contributed by atoms with Crippen LogP contribution in [0.25, 0.3) is 0 Å². The maximum atomic E-state index is 12.5. The molecule has 108 valence electrons. The van der Waals surface area contributed by atoms with E-state index in [1.165, 1.54) is 9.87 Å². The van der Waals surface area contributed by atoms with Crippen molar-refractivity contribution in [3.05, 3.63) is 78.0 Å². The van der Waals surface area contributed by atoms with Crippen molar-refractivity contribution in [3.8, 4) is 0 Å². The third-order valence-electron chi connectivity index (χ3n) is 3.60. The van der Waals surface area contributed by atoms with Gasteiger partial charge in [-0.1, -0.05) is 48.5 Å². The summed E-state index contributed by atoms with van der Waals surface area (Å²) in [4.78, 5) is 0.349. The maximum absolute atomic E-state index is 12.5. The molecule has 0 amide bonds. The lowest BCUT2D eigenvalue weighted by atomic mass is 10.1. The van der Waals surface area contributed by atoms with E-state index in [4.69, 9.17) is 0 Å². The molecular formula is C17H17NO2S. The third kappa shape index (κ3) is 3.00. The van der Waals surface area contributed by atoms with Crippen molar-refractivity contribution in [3.63, 3.8) is 0 Å². The lowest BCUT2D eigenvalue weighted by Gasteiger charge is -2.15. The predicted molar refractivity (Wildman–Crippen MR) is 83.2 cm³/mol. The molecule has 1 heterocycles. The van der Waals surface area contributed by atoms with Gasteiger partial charge in [0.15, 0.2) is 0 Å². The zero-order chi connectivity index (χ0) is 14.7. The van der Waals surface area contributed by atoms with Crippen LogP contribution < -0.4 is 0 Å². The van der Waals surface area contributed by atoms with Crippen molar-refractivity contribution in [1.29, 1.82) is 0 Å². The second-order valence-corrected chi connectivity index (χ2v) is 7.02. The average molecular weight is 299 g/mol. The Morgan fingerprint density at radius 3 is 2.19 bits per heavy atom. The molecular weight excluding hydrogens is 282 g/mol.